The average Bonchev–Trinajstić information content (AvgIpc) is 3.39. The molecule has 1 heterocycles. The summed E-state index contributed by atoms with van der Waals surface area (Å²) in [5.74, 6) is -0.545. The van der Waals surface area contributed by atoms with Gasteiger partial charge in [-0.3, -0.25) is 14.6 Å². The number of carbonyl (C=O) groups excluding carboxylic acids is 2. The first-order valence-electron chi connectivity index (χ1n) is 14.2. The minimum absolute atomic E-state index is 0.0954. The van der Waals surface area contributed by atoms with Gasteiger partial charge in [-0.2, -0.15) is 0 Å². The fourth-order valence-electron chi connectivity index (χ4n) is 5.03. The van der Waals surface area contributed by atoms with E-state index in [0.29, 0.717) is 29.4 Å². The molecule has 44 heavy (non-hydrogen) atoms. The van der Waals surface area contributed by atoms with Gasteiger partial charge in [-0.15, -0.1) is 0 Å². The van der Waals surface area contributed by atoms with Crippen molar-refractivity contribution in [1.82, 2.24) is 5.32 Å². The monoisotopic (exact) mass is 590 g/mol. The molecule has 9 nitrogen and oxygen atoms in total. The minimum Gasteiger partial charge on any atom is -0.489 e. The van der Waals surface area contributed by atoms with Crippen molar-refractivity contribution in [2.45, 2.75) is 25.7 Å². The zero-order chi connectivity index (χ0) is 31.1. The summed E-state index contributed by atoms with van der Waals surface area (Å²) in [5, 5.41) is 12.2. The van der Waals surface area contributed by atoms with Gasteiger partial charge in [-0.05, 0) is 65.6 Å². The number of esters is 1. The maximum Gasteiger partial charge on any atom is 0.327 e. The summed E-state index contributed by atoms with van der Waals surface area (Å²) in [4.78, 5) is 29.4. The van der Waals surface area contributed by atoms with Gasteiger partial charge in [-0.25, -0.2) is 0 Å². The SMILES string of the molecule is COC(=O)CN=C1C(=O)NC(c2ccc(OCc3ccc(N)cc3)cc2)C1C(=N)c1cccc(OC(C)c2ccccc2)c1. The number of benzene rings is 4. The van der Waals surface area contributed by atoms with E-state index in [4.69, 9.17) is 19.9 Å². The quantitative estimate of drug-likeness (QED) is 0.121. The van der Waals surface area contributed by atoms with E-state index in [1.54, 1.807) is 12.1 Å². The van der Waals surface area contributed by atoms with Gasteiger partial charge in [0.1, 0.15) is 36.5 Å². The third kappa shape index (κ3) is 7.12. The van der Waals surface area contributed by atoms with Gasteiger partial charge in [0, 0.05) is 5.69 Å². The lowest BCUT2D eigenvalue weighted by atomic mass is 9.85. The highest BCUT2D eigenvalue weighted by Crippen LogP contribution is 2.34. The van der Waals surface area contributed by atoms with Crippen LogP contribution in [-0.4, -0.2) is 37.0 Å². The van der Waals surface area contributed by atoms with Crippen LogP contribution in [-0.2, 0) is 20.9 Å². The lowest BCUT2D eigenvalue weighted by molar-refractivity contribution is -0.138. The van der Waals surface area contributed by atoms with Gasteiger partial charge in [0.15, 0.2) is 0 Å². The molecule has 0 aliphatic carbocycles. The van der Waals surface area contributed by atoms with Gasteiger partial charge in [0.05, 0.1) is 24.8 Å². The standard InChI is InChI=1S/C35H34N4O5/c1-22(24-7-4-3-5-8-24)44-29-10-6-9-26(19-29)32(37)31-33(39-35(41)34(31)38-20-30(40)42-2)25-13-17-28(18-14-25)43-21-23-11-15-27(36)16-12-23/h3-19,22,31,33,37H,20-21,36H2,1-2H3,(H,39,41). The maximum absolute atomic E-state index is 13.2. The smallest absolute Gasteiger partial charge is 0.327 e. The number of methoxy groups -OCH3 is 1. The highest BCUT2D eigenvalue weighted by atomic mass is 16.5. The number of nitrogens with one attached hydrogen (secondary N) is 2. The first-order valence-corrected chi connectivity index (χ1v) is 14.2. The number of amides is 1. The molecule has 0 radical (unpaired) electrons. The van der Waals surface area contributed by atoms with Crippen LogP contribution in [0.1, 0.15) is 41.3 Å². The van der Waals surface area contributed by atoms with Crippen molar-refractivity contribution >= 4 is 29.0 Å². The number of carbonyl (C=O) groups is 2. The van der Waals surface area contributed by atoms with E-state index in [-0.39, 0.29) is 24.1 Å². The zero-order valence-corrected chi connectivity index (χ0v) is 24.5. The second kappa shape index (κ2) is 13.7. The Morgan fingerprint density at radius 2 is 1.68 bits per heavy atom. The third-order valence-electron chi connectivity index (χ3n) is 7.42. The highest BCUT2D eigenvalue weighted by Gasteiger charge is 2.43. The van der Waals surface area contributed by atoms with E-state index >= 15 is 0 Å². The molecule has 3 atom stereocenters. The molecule has 0 spiro atoms. The molecule has 1 aliphatic heterocycles. The Hall–Kier alpha value is -5.44. The second-order valence-electron chi connectivity index (χ2n) is 10.4. The molecule has 4 N–H and O–H groups in total. The van der Waals surface area contributed by atoms with Crippen LogP contribution in [0.3, 0.4) is 0 Å². The van der Waals surface area contributed by atoms with Gasteiger partial charge in [0.2, 0.25) is 0 Å². The number of nitrogens with two attached hydrogens (primary N) is 1. The first kappa shape index (κ1) is 30.0. The number of anilines is 1. The van der Waals surface area contributed by atoms with Crippen molar-refractivity contribution in [1.29, 1.82) is 5.41 Å². The fourth-order valence-corrected chi connectivity index (χ4v) is 5.03. The molecule has 1 amide bonds. The van der Waals surface area contributed by atoms with Crippen LogP contribution in [0.5, 0.6) is 11.5 Å². The predicted octanol–water partition coefficient (Wildman–Crippen LogP) is 5.46. The molecular formula is C35H34N4O5. The van der Waals surface area contributed by atoms with Crippen molar-refractivity contribution in [3.05, 3.63) is 125 Å². The molecule has 5 rings (SSSR count). The normalized spacial score (nSPS) is 17.5. The molecule has 4 aromatic rings. The number of nitrogens with zero attached hydrogens (tertiary/aromatic N) is 1. The molecule has 4 aromatic carbocycles. The lowest BCUT2D eigenvalue weighted by Crippen LogP contribution is -2.27. The summed E-state index contributed by atoms with van der Waals surface area (Å²) < 4.78 is 16.9. The van der Waals surface area contributed by atoms with E-state index in [1.165, 1.54) is 7.11 Å². The van der Waals surface area contributed by atoms with Crippen molar-refractivity contribution in [3.8, 4) is 11.5 Å². The van der Waals surface area contributed by atoms with Crippen molar-refractivity contribution in [2.75, 3.05) is 19.4 Å². The van der Waals surface area contributed by atoms with Crippen LogP contribution in [0.15, 0.2) is 108 Å². The van der Waals surface area contributed by atoms with Crippen LogP contribution in [0.25, 0.3) is 0 Å². The van der Waals surface area contributed by atoms with E-state index in [0.717, 1.165) is 16.7 Å². The van der Waals surface area contributed by atoms with Gasteiger partial charge in [0.25, 0.3) is 5.91 Å². The van der Waals surface area contributed by atoms with E-state index < -0.39 is 23.8 Å². The number of hydrogen-bond acceptors (Lipinski definition) is 8. The van der Waals surface area contributed by atoms with Gasteiger partial charge < -0.3 is 30.7 Å². The predicted molar refractivity (Wildman–Crippen MR) is 169 cm³/mol. The minimum atomic E-state index is -0.768. The molecule has 0 bridgehead atoms. The summed E-state index contributed by atoms with van der Waals surface area (Å²) in [7, 11) is 1.26. The molecule has 3 unspecified atom stereocenters. The van der Waals surface area contributed by atoms with Crippen molar-refractivity contribution in [3.63, 3.8) is 0 Å². The van der Waals surface area contributed by atoms with E-state index in [9.17, 15) is 15.0 Å². The van der Waals surface area contributed by atoms with E-state index in [2.05, 4.69) is 10.3 Å². The topological polar surface area (TPSA) is 136 Å². The van der Waals surface area contributed by atoms with Crippen molar-refractivity contribution < 1.29 is 23.8 Å². The summed E-state index contributed by atoms with van der Waals surface area (Å²) in [6, 6.07) is 31.3. The van der Waals surface area contributed by atoms with Crippen LogP contribution in [0.4, 0.5) is 5.69 Å². The van der Waals surface area contributed by atoms with E-state index in [1.807, 2.05) is 97.9 Å². The Bertz CT molecular complexity index is 1650. The number of nitrogen functional groups attached to an aromatic ring is 1. The summed E-state index contributed by atoms with van der Waals surface area (Å²) in [6.07, 6.45) is -0.207. The number of ether oxygens (including phenoxy) is 3. The summed E-state index contributed by atoms with van der Waals surface area (Å²) >= 11 is 0. The Balaban J connectivity index is 1.39. The molecule has 1 fully saturated rings. The highest BCUT2D eigenvalue weighted by molar-refractivity contribution is 6.46. The van der Waals surface area contributed by atoms with Crippen molar-refractivity contribution in [2.24, 2.45) is 10.9 Å². The summed E-state index contributed by atoms with van der Waals surface area (Å²) in [6.45, 7) is 2.01. The molecule has 224 valence electrons. The Morgan fingerprint density at radius 3 is 2.39 bits per heavy atom. The molecule has 0 aromatic heterocycles. The molecule has 9 heteroatoms. The van der Waals surface area contributed by atoms with Crippen LogP contribution in [0.2, 0.25) is 0 Å². The first-order chi connectivity index (χ1) is 21.3. The maximum atomic E-state index is 13.2. The number of hydrogen-bond donors (Lipinski definition) is 3. The molecular weight excluding hydrogens is 556 g/mol. The second-order valence-corrected chi connectivity index (χ2v) is 10.4. The number of rotatable bonds is 11. The lowest BCUT2D eigenvalue weighted by Gasteiger charge is -2.22. The average molecular weight is 591 g/mol. The van der Waals surface area contributed by atoms with Gasteiger partial charge >= 0.3 is 5.97 Å². The molecule has 0 saturated carbocycles. The van der Waals surface area contributed by atoms with Crippen LogP contribution in [0, 0.1) is 11.3 Å². The Labute approximate surface area is 256 Å². The fraction of sp³-hybridized carbons (Fsp3) is 0.200. The molecule has 1 saturated heterocycles. The van der Waals surface area contributed by atoms with Gasteiger partial charge in [-0.1, -0.05) is 66.7 Å². The van der Waals surface area contributed by atoms with Crippen LogP contribution >= 0.6 is 0 Å². The third-order valence-corrected chi connectivity index (χ3v) is 7.42. The summed E-state index contributed by atoms with van der Waals surface area (Å²) in [5.41, 5.74) is 10.1. The Kier molecular flexibility index (Phi) is 9.34. The number of aliphatic imine (C=N–C) groups is 1. The van der Waals surface area contributed by atoms with Crippen LogP contribution < -0.4 is 20.5 Å². The molecule has 1 aliphatic rings. The Morgan fingerprint density at radius 1 is 0.955 bits per heavy atom. The zero-order valence-electron chi connectivity index (χ0n) is 24.5. The largest absolute Gasteiger partial charge is 0.489 e.